The first-order valence-electron chi connectivity index (χ1n) is 5.29. The van der Waals surface area contributed by atoms with Gasteiger partial charge in [-0.15, -0.1) is 0 Å². The van der Waals surface area contributed by atoms with Crippen molar-refractivity contribution in [2.24, 2.45) is 0 Å². The summed E-state index contributed by atoms with van der Waals surface area (Å²) in [6.45, 7) is 9.59. The second-order valence-electron chi connectivity index (χ2n) is 4.31. The van der Waals surface area contributed by atoms with Crippen molar-refractivity contribution in [1.29, 1.82) is 0 Å². The lowest BCUT2D eigenvalue weighted by Gasteiger charge is -2.22. The number of aryl methyl sites for hydroxylation is 1. The molecule has 0 amide bonds. The summed E-state index contributed by atoms with van der Waals surface area (Å²) in [4.78, 5) is 4.19. The van der Waals surface area contributed by atoms with Gasteiger partial charge in [0.2, 0.25) is 0 Å². The van der Waals surface area contributed by atoms with Crippen LogP contribution in [0.25, 0.3) is 0 Å². The molecule has 1 aromatic heterocycles. The van der Waals surface area contributed by atoms with Crippen molar-refractivity contribution >= 4 is 11.8 Å². The highest BCUT2D eigenvalue weighted by Gasteiger charge is 2.14. The number of rotatable bonds is 6. The maximum atomic E-state index is 4.19. The van der Waals surface area contributed by atoms with Crippen LogP contribution in [0.3, 0.4) is 0 Å². The van der Waals surface area contributed by atoms with Gasteiger partial charge in [0.05, 0.1) is 0 Å². The van der Waals surface area contributed by atoms with Crippen molar-refractivity contribution in [3.63, 3.8) is 0 Å². The fourth-order valence-electron chi connectivity index (χ4n) is 1.30. The normalized spacial score (nSPS) is 12.0. The molecule has 86 valence electrons. The van der Waals surface area contributed by atoms with Gasteiger partial charge in [-0.3, -0.25) is 0 Å². The number of nitrogens with zero attached hydrogens (tertiary/aromatic N) is 2. The molecule has 0 saturated heterocycles. The lowest BCUT2D eigenvalue weighted by molar-refractivity contribution is 0.546. The number of nitrogens with one attached hydrogen (secondary N) is 1. The lowest BCUT2D eigenvalue weighted by atomic mass is 10.2. The van der Waals surface area contributed by atoms with Crippen molar-refractivity contribution in [2.75, 3.05) is 19.3 Å². The lowest BCUT2D eigenvalue weighted by Crippen LogP contribution is -2.33. The maximum Gasteiger partial charge on any atom is 0.105 e. The molecule has 15 heavy (non-hydrogen) atoms. The number of imidazole rings is 1. The molecule has 0 aromatic carbocycles. The highest BCUT2D eigenvalue weighted by atomic mass is 32.2. The van der Waals surface area contributed by atoms with E-state index in [4.69, 9.17) is 0 Å². The summed E-state index contributed by atoms with van der Waals surface area (Å²) in [5.41, 5.74) is 0. The molecular weight excluding hydrogens is 206 g/mol. The van der Waals surface area contributed by atoms with Crippen LogP contribution in [0.1, 0.15) is 19.7 Å². The van der Waals surface area contributed by atoms with Gasteiger partial charge in [-0.2, -0.15) is 11.8 Å². The van der Waals surface area contributed by atoms with Gasteiger partial charge in [-0.25, -0.2) is 4.98 Å². The summed E-state index contributed by atoms with van der Waals surface area (Å²) in [5, 5.41) is 3.47. The molecule has 0 bridgehead atoms. The molecule has 0 radical (unpaired) electrons. The zero-order valence-corrected chi connectivity index (χ0v) is 10.9. The SMILES string of the molecule is CSC(C)(C)CNCCn1ccnc1C. The van der Waals surface area contributed by atoms with Crippen molar-refractivity contribution in [1.82, 2.24) is 14.9 Å². The molecule has 1 heterocycles. The molecule has 0 fully saturated rings. The molecule has 0 aliphatic carbocycles. The molecule has 3 nitrogen and oxygen atoms in total. The Morgan fingerprint density at radius 2 is 2.27 bits per heavy atom. The molecule has 0 saturated carbocycles. The van der Waals surface area contributed by atoms with Crippen LogP contribution in [0.15, 0.2) is 12.4 Å². The third kappa shape index (κ3) is 4.26. The van der Waals surface area contributed by atoms with E-state index in [1.165, 1.54) is 0 Å². The van der Waals surface area contributed by atoms with Gasteiger partial charge in [0.25, 0.3) is 0 Å². The smallest absolute Gasteiger partial charge is 0.105 e. The molecule has 0 unspecified atom stereocenters. The standard InChI is InChI=1S/C11H21N3S/c1-10-13-6-8-14(10)7-5-12-9-11(2,3)15-4/h6,8,12H,5,7,9H2,1-4H3. The van der Waals surface area contributed by atoms with E-state index >= 15 is 0 Å². The van der Waals surface area contributed by atoms with E-state index in [1.807, 2.05) is 31.1 Å². The summed E-state index contributed by atoms with van der Waals surface area (Å²) in [6, 6.07) is 0. The summed E-state index contributed by atoms with van der Waals surface area (Å²) in [5.74, 6) is 1.08. The maximum absolute atomic E-state index is 4.19. The van der Waals surface area contributed by atoms with Crippen LogP contribution in [0.4, 0.5) is 0 Å². The Morgan fingerprint density at radius 3 is 2.80 bits per heavy atom. The largest absolute Gasteiger partial charge is 0.334 e. The van der Waals surface area contributed by atoms with Gasteiger partial charge >= 0.3 is 0 Å². The van der Waals surface area contributed by atoms with Gasteiger partial charge in [-0.05, 0) is 27.0 Å². The minimum atomic E-state index is 0.323. The van der Waals surface area contributed by atoms with Crippen LogP contribution in [0.5, 0.6) is 0 Å². The summed E-state index contributed by atoms with van der Waals surface area (Å²) in [6.07, 6.45) is 6.03. The van der Waals surface area contributed by atoms with Crippen molar-refractivity contribution < 1.29 is 0 Å². The summed E-state index contributed by atoms with van der Waals surface area (Å²) in [7, 11) is 0. The fourth-order valence-corrected chi connectivity index (χ4v) is 1.55. The van der Waals surface area contributed by atoms with Crippen molar-refractivity contribution in [2.45, 2.75) is 32.1 Å². The van der Waals surface area contributed by atoms with Gasteiger partial charge in [0.15, 0.2) is 0 Å². The molecule has 0 aliphatic heterocycles. The predicted octanol–water partition coefficient (Wildman–Crippen LogP) is 1.92. The second kappa shape index (κ2) is 5.56. The Hall–Kier alpha value is -0.480. The molecule has 1 N–H and O–H groups in total. The molecular formula is C11H21N3S. The van der Waals surface area contributed by atoms with Crippen LogP contribution in [-0.2, 0) is 6.54 Å². The van der Waals surface area contributed by atoms with Crippen LogP contribution in [-0.4, -0.2) is 33.6 Å². The molecule has 0 aliphatic rings. The van der Waals surface area contributed by atoms with E-state index in [0.29, 0.717) is 4.75 Å². The first-order valence-corrected chi connectivity index (χ1v) is 6.51. The van der Waals surface area contributed by atoms with Crippen LogP contribution < -0.4 is 5.32 Å². The fraction of sp³-hybridized carbons (Fsp3) is 0.727. The van der Waals surface area contributed by atoms with Gasteiger partial charge < -0.3 is 9.88 Å². The Bertz CT molecular complexity index is 294. The van der Waals surface area contributed by atoms with E-state index in [2.05, 4.69) is 35.0 Å². The third-order valence-corrected chi connectivity index (χ3v) is 3.81. The van der Waals surface area contributed by atoms with Gasteiger partial charge in [0, 0.05) is 36.8 Å². The first kappa shape index (κ1) is 12.6. The Labute approximate surface area is 96.7 Å². The minimum absolute atomic E-state index is 0.323. The van der Waals surface area contributed by atoms with Crippen molar-refractivity contribution in [3.8, 4) is 0 Å². The van der Waals surface area contributed by atoms with Crippen LogP contribution in [0.2, 0.25) is 0 Å². The number of aromatic nitrogens is 2. The van der Waals surface area contributed by atoms with E-state index in [0.717, 1.165) is 25.5 Å². The number of hydrogen-bond acceptors (Lipinski definition) is 3. The highest BCUT2D eigenvalue weighted by molar-refractivity contribution is 7.99. The number of hydrogen-bond donors (Lipinski definition) is 1. The first-order chi connectivity index (χ1) is 7.05. The molecule has 0 atom stereocenters. The zero-order valence-electron chi connectivity index (χ0n) is 10.1. The van der Waals surface area contributed by atoms with Gasteiger partial charge in [-0.1, -0.05) is 0 Å². The summed E-state index contributed by atoms with van der Waals surface area (Å²) < 4.78 is 2.49. The Balaban J connectivity index is 2.20. The van der Waals surface area contributed by atoms with E-state index in [1.54, 1.807) is 0 Å². The van der Waals surface area contributed by atoms with E-state index in [9.17, 15) is 0 Å². The topological polar surface area (TPSA) is 29.9 Å². The predicted molar refractivity (Wildman–Crippen MR) is 67.4 cm³/mol. The number of thioether (sulfide) groups is 1. The average molecular weight is 227 g/mol. The Kier molecular flexibility index (Phi) is 4.67. The monoisotopic (exact) mass is 227 g/mol. The molecule has 4 heteroatoms. The molecule has 0 spiro atoms. The second-order valence-corrected chi connectivity index (χ2v) is 5.82. The van der Waals surface area contributed by atoms with Crippen molar-refractivity contribution in [3.05, 3.63) is 18.2 Å². The van der Waals surface area contributed by atoms with E-state index in [-0.39, 0.29) is 0 Å². The quantitative estimate of drug-likeness (QED) is 0.753. The zero-order chi connectivity index (χ0) is 11.3. The van der Waals surface area contributed by atoms with E-state index < -0.39 is 0 Å². The van der Waals surface area contributed by atoms with Crippen LogP contribution >= 0.6 is 11.8 Å². The third-order valence-electron chi connectivity index (χ3n) is 2.56. The molecule has 1 aromatic rings. The minimum Gasteiger partial charge on any atom is -0.334 e. The average Bonchev–Trinajstić information content (AvgIpc) is 2.59. The summed E-state index contributed by atoms with van der Waals surface area (Å²) >= 11 is 1.90. The van der Waals surface area contributed by atoms with Gasteiger partial charge in [0.1, 0.15) is 5.82 Å². The van der Waals surface area contributed by atoms with Crippen LogP contribution in [0, 0.1) is 6.92 Å². The Morgan fingerprint density at radius 1 is 1.53 bits per heavy atom. The molecule has 1 rings (SSSR count). The highest BCUT2D eigenvalue weighted by Crippen LogP contribution is 2.19.